The van der Waals surface area contributed by atoms with Gasteiger partial charge in [-0.05, 0) is 12.8 Å². The number of carboxylic acids is 2. The first kappa shape index (κ1) is 10.3. The van der Waals surface area contributed by atoms with Crippen molar-refractivity contribution in [2.75, 3.05) is 0 Å². The maximum absolute atomic E-state index is 13.0. The Morgan fingerprint density at radius 2 is 1.33 bits per heavy atom. The molecule has 0 aromatic heterocycles. The van der Waals surface area contributed by atoms with Crippen LogP contribution in [0.3, 0.4) is 0 Å². The van der Waals surface area contributed by atoms with E-state index in [9.17, 15) is 18.4 Å². The van der Waals surface area contributed by atoms with Crippen LogP contribution in [-0.2, 0) is 9.59 Å². The minimum atomic E-state index is -2.85. The van der Waals surface area contributed by atoms with Crippen molar-refractivity contribution in [2.24, 2.45) is 23.7 Å². The number of alkyl halides is 2. The first-order valence-electron chi connectivity index (χ1n) is 4.69. The van der Waals surface area contributed by atoms with Gasteiger partial charge in [0, 0.05) is 11.8 Å². The molecule has 2 N–H and O–H groups in total. The van der Waals surface area contributed by atoms with Crippen molar-refractivity contribution in [1.29, 1.82) is 0 Å². The Kier molecular flexibility index (Phi) is 1.99. The van der Waals surface area contributed by atoms with Gasteiger partial charge in [-0.15, -0.1) is 0 Å². The maximum Gasteiger partial charge on any atom is 0.307 e. The molecule has 0 aliphatic heterocycles. The second-order valence-corrected chi connectivity index (χ2v) is 4.25. The molecule has 2 saturated carbocycles. The Morgan fingerprint density at radius 3 is 1.60 bits per heavy atom. The summed E-state index contributed by atoms with van der Waals surface area (Å²) in [5, 5.41) is 17.5. The number of hydrogen-bond donors (Lipinski definition) is 2. The summed E-state index contributed by atoms with van der Waals surface area (Å²) in [5.74, 6) is -9.61. The second kappa shape index (κ2) is 2.90. The lowest BCUT2D eigenvalue weighted by atomic mass is 9.79. The van der Waals surface area contributed by atoms with E-state index in [2.05, 4.69) is 0 Å². The first-order valence-corrected chi connectivity index (χ1v) is 4.69. The van der Waals surface area contributed by atoms with Gasteiger partial charge in [-0.2, -0.15) is 0 Å². The van der Waals surface area contributed by atoms with Gasteiger partial charge in [-0.25, -0.2) is 8.78 Å². The van der Waals surface area contributed by atoms with Crippen molar-refractivity contribution >= 4 is 11.9 Å². The average molecular weight is 220 g/mol. The van der Waals surface area contributed by atoms with E-state index >= 15 is 0 Å². The topological polar surface area (TPSA) is 74.6 Å². The van der Waals surface area contributed by atoms with Crippen molar-refractivity contribution in [3.63, 3.8) is 0 Å². The number of carbonyl (C=O) groups is 2. The predicted octanol–water partition coefficient (Wildman–Crippen LogP) is 1.06. The van der Waals surface area contributed by atoms with Crippen LogP contribution >= 0.6 is 0 Å². The molecule has 15 heavy (non-hydrogen) atoms. The second-order valence-electron chi connectivity index (χ2n) is 4.25. The Labute approximate surface area is 83.9 Å². The highest BCUT2D eigenvalue weighted by atomic mass is 19.3. The van der Waals surface area contributed by atoms with E-state index in [-0.39, 0.29) is 12.8 Å². The fraction of sp³-hybridized carbons (Fsp3) is 0.778. The zero-order chi connectivity index (χ0) is 11.4. The Hall–Kier alpha value is -1.20. The number of hydrogen-bond acceptors (Lipinski definition) is 2. The summed E-state index contributed by atoms with van der Waals surface area (Å²) in [6, 6.07) is 0. The molecule has 0 spiro atoms. The molecule has 4 nitrogen and oxygen atoms in total. The number of carboxylic acid groups (broad SMARTS) is 2. The van der Waals surface area contributed by atoms with Crippen molar-refractivity contribution in [2.45, 2.75) is 18.8 Å². The lowest BCUT2D eigenvalue weighted by molar-refractivity contribution is -0.155. The highest BCUT2D eigenvalue weighted by Gasteiger charge is 2.71. The van der Waals surface area contributed by atoms with Gasteiger partial charge in [0.1, 0.15) is 0 Å². The van der Waals surface area contributed by atoms with E-state index in [0.717, 1.165) is 0 Å². The van der Waals surface area contributed by atoms with Gasteiger partial charge in [-0.1, -0.05) is 0 Å². The van der Waals surface area contributed by atoms with Crippen LogP contribution in [-0.4, -0.2) is 28.1 Å². The Bertz CT molecular complexity index is 298. The van der Waals surface area contributed by atoms with Gasteiger partial charge in [-0.3, -0.25) is 9.59 Å². The highest BCUT2D eigenvalue weighted by Crippen LogP contribution is 2.64. The number of rotatable bonds is 2. The van der Waals surface area contributed by atoms with Crippen LogP contribution in [0.5, 0.6) is 0 Å². The monoisotopic (exact) mass is 220 g/mol. The minimum Gasteiger partial charge on any atom is -0.481 e. The SMILES string of the molecule is O=C(O)[C@H]1CC2C(C[C@@H]1C(=O)O)C2(F)F. The summed E-state index contributed by atoms with van der Waals surface area (Å²) in [7, 11) is 0. The molecule has 2 unspecified atom stereocenters. The molecule has 0 radical (unpaired) electrons. The molecule has 2 aliphatic carbocycles. The Morgan fingerprint density at radius 1 is 1.00 bits per heavy atom. The summed E-state index contributed by atoms with van der Waals surface area (Å²) in [6.07, 6.45) is -0.437. The summed E-state index contributed by atoms with van der Waals surface area (Å²) in [4.78, 5) is 21.5. The van der Waals surface area contributed by atoms with Crippen molar-refractivity contribution < 1.29 is 28.6 Å². The normalized spacial score (nSPS) is 41.7. The number of aliphatic carboxylic acids is 2. The molecule has 2 aliphatic rings. The molecule has 0 aromatic rings. The molecule has 0 heterocycles. The van der Waals surface area contributed by atoms with Crippen molar-refractivity contribution in [3.05, 3.63) is 0 Å². The molecule has 4 atom stereocenters. The summed E-state index contributed by atoms with van der Waals surface area (Å²) >= 11 is 0. The highest BCUT2D eigenvalue weighted by molar-refractivity contribution is 5.80. The molecule has 0 amide bonds. The molecule has 2 fully saturated rings. The maximum atomic E-state index is 13.0. The van der Waals surface area contributed by atoms with Crippen LogP contribution in [0.15, 0.2) is 0 Å². The van der Waals surface area contributed by atoms with Crippen LogP contribution < -0.4 is 0 Å². The molecule has 84 valence electrons. The largest absolute Gasteiger partial charge is 0.481 e. The third-order valence-corrected chi connectivity index (χ3v) is 3.50. The van der Waals surface area contributed by atoms with Crippen LogP contribution in [0.1, 0.15) is 12.8 Å². The zero-order valence-electron chi connectivity index (χ0n) is 7.69. The average Bonchev–Trinajstić information content (AvgIpc) is 2.67. The molecule has 0 bridgehead atoms. The van der Waals surface area contributed by atoms with E-state index in [1.165, 1.54) is 0 Å². The van der Waals surface area contributed by atoms with Crippen LogP contribution in [0, 0.1) is 23.7 Å². The van der Waals surface area contributed by atoms with Crippen molar-refractivity contribution in [1.82, 2.24) is 0 Å². The minimum absolute atomic E-state index is 0.218. The predicted molar refractivity (Wildman–Crippen MR) is 43.4 cm³/mol. The third-order valence-electron chi connectivity index (χ3n) is 3.50. The summed E-state index contributed by atoms with van der Waals surface area (Å²) in [6.45, 7) is 0. The lowest BCUT2D eigenvalue weighted by Gasteiger charge is -2.23. The Balaban J connectivity index is 2.18. The summed E-state index contributed by atoms with van der Waals surface area (Å²) < 4.78 is 26.0. The van der Waals surface area contributed by atoms with Crippen molar-refractivity contribution in [3.8, 4) is 0 Å². The van der Waals surface area contributed by atoms with E-state index < -0.39 is 41.5 Å². The standard InChI is InChI=1S/C9H10F2O4/c10-9(11)5-1-3(7(12)13)4(8(14)15)2-6(5)9/h3-6H,1-2H2,(H,12,13)(H,14,15)/t3-,4-,5?,6?/m0/s1. The van der Waals surface area contributed by atoms with E-state index in [1.54, 1.807) is 0 Å². The van der Waals surface area contributed by atoms with Gasteiger partial charge in [0.25, 0.3) is 5.92 Å². The van der Waals surface area contributed by atoms with Crippen LogP contribution in [0.2, 0.25) is 0 Å². The zero-order valence-corrected chi connectivity index (χ0v) is 7.69. The fourth-order valence-electron chi connectivity index (χ4n) is 2.52. The molecular weight excluding hydrogens is 210 g/mol. The molecule has 0 saturated heterocycles. The third kappa shape index (κ3) is 1.39. The van der Waals surface area contributed by atoms with Gasteiger partial charge in [0.15, 0.2) is 0 Å². The number of fused-ring (bicyclic) bond motifs is 1. The molecule has 0 aromatic carbocycles. The quantitative estimate of drug-likeness (QED) is 0.729. The molecular formula is C9H10F2O4. The van der Waals surface area contributed by atoms with Gasteiger partial charge in [0.2, 0.25) is 0 Å². The number of halogens is 2. The van der Waals surface area contributed by atoms with E-state index in [4.69, 9.17) is 10.2 Å². The van der Waals surface area contributed by atoms with Gasteiger partial charge >= 0.3 is 11.9 Å². The van der Waals surface area contributed by atoms with Gasteiger partial charge < -0.3 is 10.2 Å². The van der Waals surface area contributed by atoms with E-state index in [1.807, 2.05) is 0 Å². The first-order chi connectivity index (χ1) is 6.85. The lowest BCUT2D eigenvalue weighted by Crippen LogP contribution is -2.33. The molecule has 2 rings (SSSR count). The summed E-state index contributed by atoms with van der Waals surface area (Å²) in [5.41, 5.74) is 0. The molecule has 6 heteroatoms. The van der Waals surface area contributed by atoms with E-state index in [0.29, 0.717) is 0 Å². The fourth-order valence-corrected chi connectivity index (χ4v) is 2.52. The van der Waals surface area contributed by atoms with Crippen LogP contribution in [0.25, 0.3) is 0 Å². The smallest absolute Gasteiger partial charge is 0.307 e. The van der Waals surface area contributed by atoms with Crippen LogP contribution in [0.4, 0.5) is 8.78 Å². The van der Waals surface area contributed by atoms with Gasteiger partial charge in [0.05, 0.1) is 11.8 Å².